The fourth-order valence-corrected chi connectivity index (χ4v) is 3.42. The van der Waals surface area contributed by atoms with Crippen molar-refractivity contribution < 1.29 is 4.74 Å². The SMILES string of the molecule is CC1Oc2cc3c(cc2N=C1N)C(NCCCCCN)CCC3.Cl.Cl.Cl. The Morgan fingerprint density at radius 2 is 1.96 bits per heavy atom. The van der Waals surface area contributed by atoms with E-state index in [2.05, 4.69) is 22.4 Å². The highest BCUT2D eigenvalue weighted by atomic mass is 35.5. The number of nitrogens with one attached hydrogen (secondary N) is 1. The van der Waals surface area contributed by atoms with Gasteiger partial charge in [-0.25, -0.2) is 4.99 Å². The molecule has 0 aromatic heterocycles. The number of unbranched alkanes of at least 4 members (excludes halogenated alkanes) is 2. The number of aryl methyl sites for hydroxylation is 1. The van der Waals surface area contributed by atoms with Crippen molar-refractivity contribution in [3.05, 3.63) is 23.3 Å². The topological polar surface area (TPSA) is 85.7 Å². The molecule has 26 heavy (non-hydrogen) atoms. The van der Waals surface area contributed by atoms with Crippen molar-refractivity contribution >= 4 is 48.7 Å². The number of ether oxygens (including phenoxy) is 1. The molecule has 1 aromatic carbocycles. The monoisotopic (exact) mass is 424 g/mol. The van der Waals surface area contributed by atoms with Crippen molar-refractivity contribution in [2.75, 3.05) is 13.1 Å². The standard InChI is InChI=1S/C18H28N4O.3ClH/c1-12-18(20)22-16-11-14-13(10-17(16)23-12)6-5-7-15(14)21-9-4-2-3-8-19;;;/h10-12,15,21H,2-9,19H2,1H3,(H2,20,22);3*1H. The van der Waals surface area contributed by atoms with Gasteiger partial charge in [0.1, 0.15) is 17.3 Å². The lowest BCUT2D eigenvalue weighted by Gasteiger charge is -2.29. The number of amidine groups is 1. The molecule has 2 aliphatic rings. The molecule has 0 saturated carbocycles. The van der Waals surface area contributed by atoms with Crippen molar-refractivity contribution in [1.29, 1.82) is 0 Å². The Morgan fingerprint density at radius 1 is 1.19 bits per heavy atom. The van der Waals surface area contributed by atoms with Gasteiger partial charge in [-0.05, 0) is 75.4 Å². The minimum absolute atomic E-state index is 0. The maximum absolute atomic E-state index is 5.93. The molecule has 0 radical (unpaired) electrons. The average Bonchev–Trinajstić information content (AvgIpc) is 2.54. The van der Waals surface area contributed by atoms with Crippen LogP contribution in [0.25, 0.3) is 0 Å². The summed E-state index contributed by atoms with van der Waals surface area (Å²) < 4.78 is 5.88. The summed E-state index contributed by atoms with van der Waals surface area (Å²) in [5, 5.41) is 3.70. The predicted octanol–water partition coefficient (Wildman–Crippen LogP) is 3.82. The summed E-state index contributed by atoms with van der Waals surface area (Å²) in [6.07, 6.45) is 6.86. The van der Waals surface area contributed by atoms with Crippen LogP contribution in [0, 0.1) is 0 Å². The van der Waals surface area contributed by atoms with E-state index in [1.54, 1.807) is 0 Å². The zero-order valence-electron chi connectivity index (χ0n) is 15.2. The second-order valence-electron chi connectivity index (χ2n) is 6.56. The number of hydrogen-bond acceptors (Lipinski definition) is 5. The van der Waals surface area contributed by atoms with Crippen LogP contribution in [0.1, 0.15) is 56.2 Å². The Labute approximate surface area is 174 Å². The first-order valence-electron chi connectivity index (χ1n) is 8.80. The molecule has 1 aliphatic heterocycles. The number of nitrogens with zero attached hydrogens (tertiary/aromatic N) is 1. The van der Waals surface area contributed by atoms with Crippen LogP contribution < -0.4 is 21.5 Å². The lowest BCUT2D eigenvalue weighted by atomic mass is 9.86. The molecule has 2 atom stereocenters. The van der Waals surface area contributed by atoms with Crippen molar-refractivity contribution in [3.8, 4) is 5.75 Å². The van der Waals surface area contributed by atoms with Crippen LogP contribution >= 0.6 is 37.2 Å². The van der Waals surface area contributed by atoms with Gasteiger partial charge in [0.15, 0.2) is 6.10 Å². The molecule has 3 rings (SSSR count). The zero-order valence-corrected chi connectivity index (χ0v) is 17.7. The van der Waals surface area contributed by atoms with Crippen molar-refractivity contribution in [1.82, 2.24) is 5.32 Å². The third-order valence-electron chi connectivity index (χ3n) is 4.78. The van der Waals surface area contributed by atoms with Crippen LogP contribution in [-0.4, -0.2) is 25.0 Å². The van der Waals surface area contributed by atoms with E-state index < -0.39 is 0 Å². The molecule has 150 valence electrons. The summed E-state index contributed by atoms with van der Waals surface area (Å²) in [4.78, 5) is 4.52. The number of rotatable bonds is 6. The number of halogens is 3. The Hall–Kier alpha value is -0.720. The first-order valence-corrected chi connectivity index (χ1v) is 8.80. The lowest BCUT2D eigenvalue weighted by Crippen LogP contribution is -2.33. The number of aliphatic imine (C=N–C) groups is 1. The number of fused-ring (bicyclic) bond motifs is 2. The van der Waals surface area contributed by atoms with Gasteiger partial charge in [0.25, 0.3) is 0 Å². The minimum Gasteiger partial charge on any atom is -0.481 e. The summed E-state index contributed by atoms with van der Waals surface area (Å²) in [6.45, 7) is 3.77. The molecule has 5 nitrogen and oxygen atoms in total. The highest BCUT2D eigenvalue weighted by Gasteiger charge is 2.25. The molecule has 5 N–H and O–H groups in total. The highest BCUT2D eigenvalue weighted by molar-refractivity contribution is 5.90. The Balaban J connectivity index is 0.00000208. The predicted molar refractivity (Wildman–Crippen MR) is 116 cm³/mol. The highest BCUT2D eigenvalue weighted by Crippen LogP contribution is 2.40. The Bertz CT molecular complexity index is 598. The Kier molecular flexibility index (Phi) is 11.6. The van der Waals surface area contributed by atoms with E-state index in [9.17, 15) is 0 Å². The van der Waals surface area contributed by atoms with Crippen molar-refractivity contribution in [2.45, 2.75) is 57.6 Å². The van der Waals surface area contributed by atoms with Crippen molar-refractivity contribution in [3.63, 3.8) is 0 Å². The van der Waals surface area contributed by atoms with E-state index in [1.807, 2.05) is 6.92 Å². The molecule has 2 unspecified atom stereocenters. The molecule has 0 fully saturated rings. The number of benzene rings is 1. The summed E-state index contributed by atoms with van der Waals surface area (Å²) in [7, 11) is 0. The smallest absolute Gasteiger partial charge is 0.153 e. The maximum atomic E-state index is 5.93. The number of nitrogens with two attached hydrogens (primary N) is 2. The third kappa shape index (κ3) is 5.89. The van der Waals surface area contributed by atoms with E-state index in [1.165, 1.54) is 36.8 Å². The molecule has 0 saturated heterocycles. The van der Waals surface area contributed by atoms with E-state index in [0.29, 0.717) is 11.9 Å². The van der Waals surface area contributed by atoms with Gasteiger partial charge in [0, 0.05) is 6.04 Å². The molecular formula is C18H31Cl3N4O. The molecule has 8 heteroatoms. The van der Waals surface area contributed by atoms with E-state index in [-0.39, 0.29) is 43.3 Å². The maximum Gasteiger partial charge on any atom is 0.153 e. The fourth-order valence-electron chi connectivity index (χ4n) is 3.42. The van der Waals surface area contributed by atoms with Crippen molar-refractivity contribution in [2.24, 2.45) is 16.5 Å². The lowest BCUT2D eigenvalue weighted by molar-refractivity contribution is 0.281. The van der Waals surface area contributed by atoms with Gasteiger partial charge in [-0.15, -0.1) is 37.2 Å². The average molecular weight is 426 g/mol. The summed E-state index contributed by atoms with van der Waals surface area (Å²) in [5.74, 6) is 1.42. The van der Waals surface area contributed by atoms with Gasteiger partial charge in [-0.2, -0.15) is 0 Å². The second kappa shape index (κ2) is 11.9. The van der Waals surface area contributed by atoms with E-state index >= 15 is 0 Å². The van der Waals surface area contributed by atoms with Crippen LogP contribution in [0.4, 0.5) is 5.69 Å². The van der Waals surface area contributed by atoms with Gasteiger partial charge in [0.05, 0.1) is 0 Å². The molecule has 0 bridgehead atoms. The van der Waals surface area contributed by atoms with E-state index in [4.69, 9.17) is 16.2 Å². The van der Waals surface area contributed by atoms with Crippen LogP contribution in [0.3, 0.4) is 0 Å². The first kappa shape index (κ1) is 25.3. The van der Waals surface area contributed by atoms with Crippen LogP contribution in [0.2, 0.25) is 0 Å². The normalized spacial score (nSPS) is 20.2. The Morgan fingerprint density at radius 3 is 2.69 bits per heavy atom. The summed E-state index contributed by atoms with van der Waals surface area (Å²) in [6, 6.07) is 4.75. The number of hydrogen-bond donors (Lipinski definition) is 3. The summed E-state index contributed by atoms with van der Waals surface area (Å²) >= 11 is 0. The summed E-state index contributed by atoms with van der Waals surface area (Å²) in [5.41, 5.74) is 15.1. The quantitative estimate of drug-likeness (QED) is 0.605. The fraction of sp³-hybridized carbons (Fsp3) is 0.611. The van der Waals surface area contributed by atoms with E-state index in [0.717, 1.165) is 37.4 Å². The van der Waals surface area contributed by atoms with Crippen LogP contribution in [0.5, 0.6) is 5.75 Å². The molecular weight excluding hydrogens is 395 g/mol. The minimum atomic E-state index is -0.138. The molecule has 0 amide bonds. The first-order chi connectivity index (χ1) is 11.2. The molecule has 1 heterocycles. The van der Waals surface area contributed by atoms with Gasteiger partial charge in [0.2, 0.25) is 0 Å². The zero-order chi connectivity index (χ0) is 16.2. The van der Waals surface area contributed by atoms with Crippen LogP contribution in [0.15, 0.2) is 17.1 Å². The van der Waals surface area contributed by atoms with Gasteiger partial charge in [-0.1, -0.05) is 6.42 Å². The molecule has 1 aliphatic carbocycles. The second-order valence-corrected chi connectivity index (χ2v) is 6.56. The molecule has 0 spiro atoms. The van der Waals surface area contributed by atoms with Gasteiger partial charge in [-0.3, -0.25) is 0 Å². The largest absolute Gasteiger partial charge is 0.481 e. The van der Waals surface area contributed by atoms with Gasteiger partial charge < -0.3 is 21.5 Å². The molecule has 1 aromatic rings. The third-order valence-corrected chi connectivity index (χ3v) is 4.78. The van der Waals surface area contributed by atoms with Crippen LogP contribution in [-0.2, 0) is 6.42 Å². The van der Waals surface area contributed by atoms with Gasteiger partial charge >= 0.3 is 0 Å².